The van der Waals surface area contributed by atoms with Gasteiger partial charge in [0, 0.05) is 37.3 Å². The average molecular weight is 447 g/mol. The Balaban J connectivity index is 1.71. The number of hydrogen-bond acceptors (Lipinski definition) is 4. The quantitative estimate of drug-likeness (QED) is 0.757. The van der Waals surface area contributed by atoms with Crippen molar-refractivity contribution in [2.45, 2.75) is 38.9 Å². The van der Waals surface area contributed by atoms with Gasteiger partial charge in [0.2, 0.25) is 5.43 Å². The van der Waals surface area contributed by atoms with Crippen LogP contribution in [0.4, 0.5) is 13.2 Å². The third-order valence-electron chi connectivity index (χ3n) is 5.77. The van der Waals surface area contributed by atoms with Crippen LogP contribution in [0.5, 0.6) is 5.75 Å². The van der Waals surface area contributed by atoms with Gasteiger partial charge in [-0.1, -0.05) is 0 Å². The number of halogens is 3. The number of nitrogens with zero attached hydrogens (tertiary/aromatic N) is 2. The van der Waals surface area contributed by atoms with Gasteiger partial charge >= 0.3 is 0 Å². The molecule has 10 heteroatoms. The maximum Gasteiger partial charge on any atom is 0.274 e. The fourth-order valence-electron chi connectivity index (χ4n) is 4.11. The zero-order chi connectivity index (χ0) is 23.3. The van der Waals surface area contributed by atoms with E-state index in [1.807, 2.05) is 0 Å². The molecule has 0 fully saturated rings. The smallest absolute Gasteiger partial charge is 0.274 e. The van der Waals surface area contributed by atoms with Crippen LogP contribution in [0.1, 0.15) is 51.4 Å². The Labute approximate surface area is 180 Å². The number of aromatic hydroxyl groups is 1. The van der Waals surface area contributed by atoms with Crippen LogP contribution in [0.3, 0.4) is 0 Å². The lowest BCUT2D eigenvalue weighted by Crippen LogP contribution is -2.47. The lowest BCUT2D eigenvalue weighted by Gasteiger charge is -2.36. The average Bonchev–Trinajstić information content (AvgIpc) is 2.83. The largest absolute Gasteiger partial charge is 0.503 e. The standard InChI is InChI=1S/C22H20F3N3O4/c1-10-3-16(24)14(17(25)4-10)7-26-21(31)15-9-28-13-6-12(23)5-11(2)27(8-13)22(32)18(28)20(30)19(15)29/h3-4,6,9,11,13,30H,5,7-8H2,1-2H3,(H,26,31)/t11-,13-/m0/s1. The molecule has 2 aliphatic heterocycles. The molecule has 0 unspecified atom stereocenters. The van der Waals surface area contributed by atoms with Crippen LogP contribution in [-0.4, -0.2) is 39.0 Å². The van der Waals surface area contributed by atoms with Crippen LogP contribution in [-0.2, 0) is 6.54 Å². The molecule has 1 aromatic heterocycles. The molecular weight excluding hydrogens is 427 g/mol. The Morgan fingerprint density at radius 2 is 1.88 bits per heavy atom. The van der Waals surface area contributed by atoms with E-state index in [1.165, 1.54) is 22.5 Å². The number of carbonyl (C=O) groups is 2. The Hall–Kier alpha value is -3.56. The van der Waals surface area contributed by atoms with Crippen LogP contribution in [0, 0.1) is 18.6 Å². The van der Waals surface area contributed by atoms with Crippen molar-refractivity contribution in [2.24, 2.45) is 0 Å². The van der Waals surface area contributed by atoms with Gasteiger partial charge in [0.25, 0.3) is 11.8 Å². The molecule has 2 atom stereocenters. The van der Waals surface area contributed by atoms with Gasteiger partial charge in [-0.15, -0.1) is 0 Å². The van der Waals surface area contributed by atoms with E-state index < -0.39 is 64.6 Å². The molecule has 2 aromatic rings. The molecule has 2 aliphatic rings. The molecule has 32 heavy (non-hydrogen) atoms. The van der Waals surface area contributed by atoms with Crippen molar-refractivity contribution in [3.8, 4) is 5.75 Å². The lowest BCUT2D eigenvalue weighted by molar-refractivity contribution is 0.0612. The van der Waals surface area contributed by atoms with Crippen molar-refractivity contribution >= 4 is 11.8 Å². The van der Waals surface area contributed by atoms with Crippen molar-refractivity contribution in [1.82, 2.24) is 14.8 Å². The number of amides is 2. The number of aryl methyl sites for hydroxylation is 1. The summed E-state index contributed by atoms with van der Waals surface area (Å²) in [6, 6.07) is 0.997. The van der Waals surface area contributed by atoms with E-state index in [2.05, 4.69) is 5.32 Å². The molecule has 0 saturated carbocycles. The molecule has 168 valence electrons. The summed E-state index contributed by atoms with van der Waals surface area (Å²) in [5.41, 5.74) is -2.00. The summed E-state index contributed by atoms with van der Waals surface area (Å²) in [6.07, 6.45) is 2.33. The molecule has 0 radical (unpaired) electrons. The van der Waals surface area contributed by atoms with Gasteiger partial charge in [0.1, 0.15) is 23.0 Å². The van der Waals surface area contributed by atoms with Crippen molar-refractivity contribution < 1.29 is 27.9 Å². The third-order valence-corrected chi connectivity index (χ3v) is 5.77. The Bertz CT molecular complexity index is 1210. The van der Waals surface area contributed by atoms with Crippen LogP contribution in [0.15, 0.2) is 35.0 Å². The molecule has 2 amide bonds. The Morgan fingerprint density at radius 3 is 2.53 bits per heavy atom. The molecule has 3 heterocycles. The van der Waals surface area contributed by atoms with Gasteiger partial charge < -0.3 is 19.9 Å². The molecule has 0 aliphatic carbocycles. The highest BCUT2D eigenvalue weighted by molar-refractivity contribution is 5.99. The first-order chi connectivity index (χ1) is 15.1. The first kappa shape index (κ1) is 21.7. The number of carbonyl (C=O) groups excluding carboxylic acids is 2. The summed E-state index contributed by atoms with van der Waals surface area (Å²) in [5, 5.41) is 12.7. The van der Waals surface area contributed by atoms with Crippen LogP contribution < -0.4 is 10.7 Å². The minimum Gasteiger partial charge on any atom is -0.503 e. The number of nitrogens with one attached hydrogen (secondary N) is 1. The van der Waals surface area contributed by atoms with Crippen molar-refractivity contribution in [3.05, 3.63) is 74.5 Å². The van der Waals surface area contributed by atoms with Crippen LogP contribution in [0.25, 0.3) is 0 Å². The van der Waals surface area contributed by atoms with Crippen molar-refractivity contribution in [3.63, 3.8) is 0 Å². The molecule has 7 nitrogen and oxygen atoms in total. The second-order valence-corrected chi connectivity index (χ2v) is 8.06. The van der Waals surface area contributed by atoms with Crippen LogP contribution in [0.2, 0.25) is 0 Å². The van der Waals surface area contributed by atoms with E-state index in [9.17, 15) is 32.7 Å². The molecular formula is C22H20F3N3O4. The number of pyridine rings is 1. The lowest BCUT2D eigenvalue weighted by atomic mass is 10.1. The number of hydrogen-bond donors (Lipinski definition) is 2. The van der Waals surface area contributed by atoms with Gasteiger partial charge in [-0.3, -0.25) is 14.4 Å². The zero-order valence-electron chi connectivity index (χ0n) is 17.3. The number of rotatable bonds is 3. The first-order valence-corrected chi connectivity index (χ1v) is 9.96. The predicted octanol–water partition coefficient (Wildman–Crippen LogP) is 2.71. The monoisotopic (exact) mass is 447 g/mol. The molecule has 0 saturated heterocycles. The first-order valence-electron chi connectivity index (χ1n) is 9.96. The minimum atomic E-state index is -1.11. The van der Waals surface area contributed by atoms with E-state index in [0.29, 0.717) is 5.56 Å². The maximum absolute atomic E-state index is 14.2. The van der Waals surface area contributed by atoms with Crippen LogP contribution >= 0.6 is 0 Å². The van der Waals surface area contributed by atoms with E-state index >= 15 is 0 Å². The third kappa shape index (κ3) is 3.55. The van der Waals surface area contributed by atoms with E-state index in [0.717, 1.165) is 18.3 Å². The second kappa shape index (κ2) is 7.85. The molecule has 4 rings (SSSR count). The fourth-order valence-corrected chi connectivity index (χ4v) is 4.11. The van der Waals surface area contributed by atoms with E-state index in [-0.39, 0.29) is 24.2 Å². The predicted molar refractivity (Wildman–Crippen MR) is 108 cm³/mol. The SMILES string of the molecule is Cc1cc(F)c(CNC(=O)c2cn3c(c(O)c2=O)C(=O)N2C[C@@H]3C=C(F)C[C@@H]2C)c(F)c1. The van der Waals surface area contributed by atoms with Gasteiger partial charge in [0.15, 0.2) is 11.4 Å². The maximum atomic E-state index is 14.2. The summed E-state index contributed by atoms with van der Waals surface area (Å²) in [7, 11) is 0. The topological polar surface area (TPSA) is 91.6 Å². The van der Waals surface area contributed by atoms with Gasteiger partial charge in [-0.2, -0.15) is 0 Å². The number of benzene rings is 1. The van der Waals surface area contributed by atoms with E-state index in [1.54, 1.807) is 6.92 Å². The van der Waals surface area contributed by atoms with Crippen molar-refractivity contribution in [1.29, 1.82) is 0 Å². The Kier molecular flexibility index (Phi) is 5.31. The summed E-state index contributed by atoms with van der Waals surface area (Å²) in [5.74, 6) is -4.75. The number of aromatic nitrogens is 1. The van der Waals surface area contributed by atoms with E-state index in [4.69, 9.17) is 0 Å². The van der Waals surface area contributed by atoms with Gasteiger partial charge in [0.05, 0.1) is 6.04 Å². The molecule has 2 bridgehead atoms. The summed E-state index contributed by atoms with van der Waals surface area (Å²) < 4.78 is 43.5. The number of fused-ring (bicyclic) bond motifs is 4. The highest BCUT2D eigenvalue weighted by Gasteiger charge is 2.38. The summed E-state index contributed by atoms with van der Waals surface area (Å²) in [6.45, 7) is 2.73. The highest BCUT2D eigenvalue weighted by atomic mass is 19.1. The zero-order valence-corrected chi connectivity index (χ0v) is 17.3. The fraction of sp³-hybridized carbons (Fsp3) is 0.318. The highest BCUT2D eigenvalue weighted by Crippen LogP contribution is 2.33. The van der Waals surface area contributed by atoms with Gasteiger partial charge in [-0.25, -0.2) is 13.2 Å². The molecule has 0 spiro atoms. The Morgan fingerprint density at radius 1 is 1.22 bits per heavy atom. The minimum absolute atomic E-state index is 0.0111. The van der Waals surface area contributed by atoms with Crippen molar-refractivity contribution in [2.75, 3.05) is 6.54 Å². The normalized spacial score (nSPS) is 19.8. The summed E-state index contributed by atoms with van der Waals surface area (Å²) in [4.78, 5) is 39.5. The molecule has 1 aromatic carbocycles. The molecule has 2 N–H and O–H groups in total. The summed E-state index contributed by atoms with van der Waals surface area (Å²) >= 11 is 0. The van der Waals surface area contributed by atoms with Gasteiger partial charge in [-0.05, 0) is 37.6 Å². The second-order valence-electron chi connectivity index (χ2n) is 8.06.